The second-order valence-corrected chi connectivity index (χ2v) is 3.18. The molecule has 0 aliphatic heterocycles. The number of carbonyl (C=O) groups is 2. The van der Waals surface area contributed by atoms with E-state index >= 15 is 0 Å². The fraction of sp³-hybridized carbons (Fsp3) is 0.750. The van der Waals surface area contributed by atoms with Gasteiger partial charge in [-0.2, -0.15) is 0 Å². The Labute approximate surface area is 83.2 Å². The summed E-state index contributed by atoms with van der Waals surface area (Å²) in [6, 6.07) is -1.00. The van der Waals surface area contributed by atoms with Gasteiger partial charge in [-0.05, 0) is 26.3 Å². The Morgan fingerprint density at radius 3 is 2.14 bits per heavy atom. The molecule has 2 amide bonds. The predicted octanol–water partition coefficient (Wildman–Crippen LogP) is -1.96. The van der Waals surface area contributed by atoms with Crippen LogP contribution in [0.2, 0.25) is 0 Å². The third-order valence-electron chi connectivity index (χ3n) is 2.07. The standard InChI is InChI=1S/C8H18N4O2/c1-12-6(8(11)14)4-2-3-5(9)7(10)13/h5-6,12H,2-4,9H2,1H3,(H2,10,13)(H2,11,14). The highest BCUT2D eigenvalue weighted by atomic mass is 16.1. The summed E-state index contributed by atoms with van der Waals surface area (Å²) in [7, 11) is 1.66. The van der Waals surface area contributed by atoms with Crippen LogP contribution >= 0.6 is 0 Å². The van der Waals surface area contributed by atoms with Crippen LogP contribution in [0.15, 0.2) is 0 Å². The maximum atomic E-state index is 10.8. The number of hydrogen-bond acceptors (Lipinski definition) is 4. The topological polar surface area (TPSA) is 124 Å². The SMILES string of the molecule is CNC(CCCC(N)C(N)=O)C(N)=O. The zero-order valence-electron chi connectivity index (χ0n) is 8.32. The average Bonchev–Trinajstić information content (AvgIpc) is 2.11. The first-order valence-electron chi connectivity index (χ1n) is 4.50. The summed E-state index contributed by atoms with van der Waals surface area (Å²) in [5.74, 6) is -0.926. The van der Waals surface area contributed by atoms with Crippen molar-refractivity contribution in [2.75, 3.05) is 7.05 Å². The maximum absolute atomic E-state index is 10.8. The Hall–Kier alpha value is -1.14. The largest absolute Gasteiger partial charge is 0.368 e. The van der Waals surface area contributed by atoms with Crippen molar-refractivity contribution >= 4 is 11.8 Å². The van der Waals surface area contributed by atoms with Gasteiger partial charge >= 0.3 is 0 Å². The summed E-state index contributed by atoms with van der Waals surface area (Å²) in [4.78, 5) is 21.3. The molecule has 7 N–H and O–H groups in total. The molecule has 0 spiro atoms. The zero-order valence-corrected chi connectivity index (χ0v) is 8.32. The molecule has 0 rings (SSSR count). The summed E-state index contributed by atoms with van der Waals surface area (Å²) >= 11 is 0. The zero-order chi connectivity index (χ0) is 11.1. The van der Waals surface area contributed by atoms with E-state index in [-0.39, 0.29) is 6.04 Å². The molecule has 0 heterocycles. The average molecular weight is 202 g/mol. The minimum atomic E-state index is -0.639. The van der Waals surface area contributed by atoms with Crippen LogP contribution in [0, 0.1) is 0 Å². The first kappa shape index (κ1) is 12.9. The normalized spacial score (nSPS) is 14.7. The smallest absolute Gasteiger partial charge is 0.234 e. The van der Waals surface area contributed by atoms with Crippen molar-refractivity contribution in [1.29, 1.82) is 0 Å². The fourth-order valence-electron chi connectivity index (χ4n) is 1.11. The van der Waals surface area contributed by atoms with E-state index < -0.39 is 17.9 Å². The van der Waals surface area contributed by atoms with E-state index in [0.717, 1.165) is 0 Å². The summed E-state index contributed by atoms with van der Waals surface area (Å²) in [6.07, 6.45) is 1.67. The van der Waals surface area contributed by atoms with Gasteiger partial charge in [0.15, 0.2) is 0 Å². The van der Waals surface area contributed by atoms with Crippen LogP contribution < -0.4 is 22.5 Å². The van der Waals surface area contributed by atoms with Crippen LogP contribution in [0.4, 0.5) is 0 Å². The molecule has 82 valence electrons. The van der Waals surface area contributed by atoms with E-state index in [9.17, 15) is 9.59 Å². The van der Waals surface area contributed by atoms with E-state index in [2.05, 4.69) is 5.32 Å². The molecular formula is C8H18N4O2. The van der Waals surface area contributed by atoms with E-state index in [1.165, 1.54) is 0 Å². The molecule has 6 heteroatoms. The Balaban J connectivity index is 3.71. The molecule has 0 saturated carbocycles. The molecular weight excluding hydrogens is 184 g/mol. The fourth-order valence-corrected chi connectivity index (χ4v) is 1.11. The second-order valence-electron chi connectivity index (χ2n) is 3.18. The van der Waals surface area contributed by atoms with E-state index in [1.807, 2.05) is 0 Å². The Morgan fingerprint density at radius 1 is 1.21 bits per heavy atom. The molecule has 14 heavy (non-hydrogen) atoms. The maximum Gasteiger partial charge on any atom is 0.234 e. The Morgan fingerprint density at radius 2 is 1.79 bits per heavy atom. The lowest BCUT2D eigenvalue weighted by Crippen LogP contribution is -2.40. The lowest BCUT2D eigenvalue weighted by molar-refractivity contribution is -0.120. The van der Waals surface area contributed by atoms with Crippen molar-refractivity contribution in [3.05, 3.63) is 0 Å². The third-order valence-corrected chi connectivity index (χ3v) is 2.07. The van der Waals surface area contributed by atoms with Crippen LogP contribution in [0.5, 0.6) is 0 Å². The molecule has 2 unspecified atom stereocenters. The number of carbonyl (C=O) groups excluding carboxylic acids is 2. The van der Waals surface area contributed by atoms with Crippen LogP contribution in [-0.4, -0.2) is 30.9 Å². The highest BCUT2D eigenvalue weighted by molar-refractivity contribution is 5.80. The van der Waals surface area contributed by atoms with Gasteiger partial charge < -0.3 is 22.5 Å². The van der Waals surface area contributed by atoms with Crippen molar-refractivity contribution in [2.45, 2.75) is 31.3 Å². The minimum absolute atomic E-state index is 0.366. The van der Waals surface area contributed by atoms with Gasteiger partial charge in [-0.15, -0.1) is 0 Å². The molecule has 0 aromatic carbocycles. The molecule has 0 radical (unpaired) electrons. The van der Waals surface area contributed by atoms with Gasteiger partial charge in [-0.25, -0.2) is 0 Å². The van der Waals surface area contributed by atoms with Crippen LogP contribution in [0.25, 0.3) is 0 Å². The van der Waals surface area contributed by atoms with Crippen LogP contribution in [0.1, 0.15) is 19.3 Å². The van der Waals surface area contributed by atoms with Crippen molar-refractivity contribution in [3.8, 4) is 0 Å². The summed E-state index contributed by atoms with van der Waals surface area (Å²) in [6.45, 7) is 0. The van der Waals surface area contributed by atoms with E-state index in [0.29, 0.717) is 19.3 Å². The number of nitrogens with two attached hydrogens (primary N) is 3. The molecule has 0 aromatic rings. The highest BCUT2D eigenvalue weighted by Crippen LogP contribution is 2.02. The lowest BCUT2D eigenvalue weighted by Gasteiger charge is -2.12. The summed E-state index contributed by atoms with van der Waals surface area (Å²) in [5, 5.41) is 2.77. The summed E-state index contributed by atoms with van der Waals surface area (Å²) < 4.78 is 0. The Bertz CT molecular complexity index is 208. The number of nitrogens with one attached hydrogen (secondary N) is 1. The van der Waals surface area contributed by atoms with Crippen LogP contribution in [-0.2, 0) is 9.59 Å². The molecule has 0 aromatic heterocycles. The first-order chi connectivity index (χ1) is 6.49. The van der Waals surface area contributed by atoms with Crippen LogP contribution in [0.3, 0.4) is 0 Å². The summed E-state index contributed by atoms with van der Waals surface area (Å²) in [5.41, 5.74) is 15.5. The van der Waals surface area contributed by atoms with Gasteiger partial charge in [-0.1, -0.05) is 0 Å². The van der Waals surface area contributed by atoms with Gasteiger partial charge in [0.1, 0.15) is 0 Å². The van der Waals surface area contributed by atoms with Gasteiger partial charge in [0, 0.05) is 0 Å². The minimum Gasteiger partial charge on any atom is -0.368 e. The lowest BCUT2D eigenvalue weighted by atomic mass is 10.1. The number of amides is 2. The molecule has 0 aliphatic rings. The van der Waals surface area contributed by atoms with Gasteiger partial charge in [0.25, 0.3) is 0 Å². The number of rotatable bonds is 7. The van der Waals surface area contributed by atoms with Crippen molar-refractivity contribution in [1.82, 2.24) is 5.32 Å². The van der Waals surface area contributed by atoms with Gasteiger partial charge in [0.05, 0.1) is 12.1 Å². The molecule has 0 saturated heterocycles. The highest BCUT2D eigenvalue weighted by Gasteiger charge is 2.14. The van der Waals surface area contributed by atoms with Gasteiger partial charge in [-0.3, -0.25) is 9.59 Å². The number of primary amides is 2. The molecule has 0 bridgehead atoms. The predicted molar refractivity (Wildman–Crippen MR) is 53.1 cm³/mol. The molecule has 2 atom stereocenters. The number of likely N-dealkylation sites (N-methyl/N-ethyl adjacent to an activating group) is 1. The third kappa shape index (κ3) is 4.78. The molecule has 6 nitrogen and oxygen atoms in total. The Kier molecular flexibility index (Phi) is 5.82. The first-order valence-corrected chi connectivity index (χ1v) is 4.50. The van der Waals surface area contributed by atoms with Crippen molar-refractivity contribution in [2.24, 2.45) is 17.2 Å². The van der Waals surface area contributed by atoms with Crippen molar-refractivity contribution < 1.29 is 9.59 Å². The van der Waals surface area contributed by atoms with E-state index in [4.69, 9.17) is 17.2 Å². The quantitative estimate of drug-likeness (QED) is 0.382. The molecule has 0 fully saturated rings. The van der Waals surface area contributed by atoms with E-state index in [1.54, 1.807) is 7.05 Å². The molecule has 0 aliphatic carbocycles. The monoisotopic (exact) mass is 202 g/mol. The van der Waals surface area contributed by atoms with Gasteiger partial charge in [0.2, 0.25) is 11.8 Å². The van der Waals surface area contributed by atoms with Crippen molar-refractivity contribution in [3.63, 3.8) is 0 Å². The second kappa shape index (κ2) is 6.33. The number of hydrogen-bond donors (Lipinski definition) is 4.